The van der Waals surface area contributed by atoms with Crippen LogP contribution in [0.1, 0.15) is 11.3 Å². The number of benzene rings is 1. The van der Waals surface area contributed by atoms with Gasteiger partial charge in [0.2, 0.25) is 0 Å². The highest BCUT2D eigenvalue weighted by Crippen LogP contribution is 2.05. The van der Waals surface area contributed by atoms with Gasteiger partial charge in [-0.1, -0.05) is 42.5 Å². The summed E-state index contributed by atoms with van der Waals surface area (Å²) in [6.45, 7) is -0.0917. The number of carbonyl (C=O) groups excluding carboxylic acids is 3. The van der Waals surface area contributed by atoms with Crippen molar-refractivity contribution in [3.8, 4) is 0 Å². The monoisotopic (exact) mass is 367 g/mol. The maximum atomic E-state index is 12.5. The summed E-state index contributed by atoms with van der Waals surface area (Å²) < 4.78 is 4.85. The lowest BCUT2D eigenvalue weighted by Gasteiger charge is -2.27. The Morgan fingerprint density at radius 2 is 1.93 bits per heavy atom. The van der Waals surface area contributed by atoms with Gasteiger partial charge in [-0.25, -0.2) is 5.43 Å². The van der Waals surface area contributed by atoms with Crippen LogP contribution < -0.4 is 5.43 Å². The molecule has 1 atom stereocenters. The van der Waals surface area contributed by atoms with E-state index in [1.165, 1.54) is 13.2 Å². The van der Waals surface area contributed by atoms with Crippen molar-refractivity contribution in [2.24, 2.45) is 0 Å². The smallest absolute Gasteiger partial charge is 0.263 e. The molecule has 1 heterocycles. The summed E-state index contributed by atoms with van der Waals surface area (Å²) in [7, 11) is 1.36. The molecule has 27 heavy (non-hydrogen) atoms. The first-order valence-electron chi connectivity index (χ1n) is 8.32. The molecule has 0 aliphatic rings. The molecule has 0 aliphatic carbocycles. The maximum absolute atomic E-state index is 12.5. The van der Waals surface area contributed by atoms with Gasteiger partial charge in [0.1, 0.15) is 6.61 Å². The highest BCUT2D eigenvalue weighted by molar-refractivity contribution is 6.08. The van der Waals surface area contributed by atoms with Gasteiger partial charge < -0.3 is 9.53 Å². The fourth-order valence-electron chi connectivity index (χ4n) is 2.30. The Morgan fingerprint density at radius 3 is 2.56 bits per heavy atom. The van der Waals surface area contributed by atoms with Crippen molar-refractivity contribution >= 4 is 24.1 Å². The number of ketones is 1. The van der Waals surface area contributed by atoms with Crippen LogP contribution >= 0.6 is 0 Å². The highest BCUT2D eigenvalue weighted by atomic mass is 16.5. The molecule has 2 aromatic rings. The van der Waals surface area contributed by atoms with Crippen LogP contribution in [0.15, 0.2) is 60.8 Å². The second kappa shape index (κ2) is 10.7. The summed E-state index contributed by atoms with van der Waals surface area (Å²) in [5.74, 6) is -1.06. The van der Waals surface area contributed by atoms with E-state index in [1.807, 2.05) is 30.3 Å². The first kappa shape index (κ1) is 20.2. The first-order valence-corrected chi connectivity index (χ1v) is 8.32. The minimum absolute atomic E-state index is 0.177. The van der Waals surface area contributed by atoms with Crippen molar-refractivity contribution < 1.29 is 19.1 Å². The zero-order valence-corrected chi connectivity index (χ0v) is 14.9. The topological polar surface area (TPSA) is 88.6 Å². The zero-order chi connectivity index (χ0) is 19.5. The number of hydrazine groups is 1. The van der Waals surface area contributed by atoms with Gasteiger partial charge in [0, 0.05) is 13.3 Å². The average molecular weight is 367 g/mol. The second-order valence-electron chi connectivity index (χ2n) is 5.58. The number of rotatable bonds is 10. The molecular weight excluding hydrogens is 346 g/mol. The summed E-state index contributed by atoms with van der Waals surface area (Å²) in [6, 6.07) is 13.2. The van der Waals surface area contributed by atoms with Crippen LogP contribution in [-0.2, 0) is 25.7 Å². The Hall–Kier alpha value is -3.16. The summed E-state index contributed by atoms with van der Waals surface area (Å²) in [4.78, 5) is 40.5. The third-order valence-electron chi connectivity index (χ3n) is 3.63. The molecule has 0 saturated heterocycles. The van der Waals surface area contributed by atoms with E-state index in [-0.39, 0.29) is 13.2 Å². The number of aromatic nitrogens is 1. The van der Waals surface area contributed by atoms with Crippen LogP contribution in [0.2, 0.25) is 0 Å². The molecule has 140 valence electrons. The molecule has 0 fully saturated rings. The van der Waals surface area contributed by atoms with E-state index in [0.29, 0.717) is 12.0 Å². The Bertz CT molecular complexity index is 778. The fraction of sp³-hybridized carbons (Fsp3) is 0.200. The third kappa shape index (κ3) is 6.25. The van der Waals surface area contributed by atoms with Gasteiger partial charge in [-0.3, -0.25) is 19.6 Å². The van der Waals surface area contributed by atoms with Crippen molar-refractivity contribution in [3.05, 3.63) is 72.1 Å². The second-order valence-corrected chi connectivity index (χ2v) is 5.58. The van der Waals surface area contributed by atoms with Gasteiger partial charge in [-0.15, -0.1) is 0 Å². The molecular formula is C20H21N3O4. The number of aldehydes is 1. The molecule has 0 aliphatic heterocycles. The third-order valence-corrected chi connectivity index (χ3v) is 3.63. The molecule has 1 N–H and O–H groups in total. The molecule has 1 aromatic heterocycles. The summed E-state index contributed by atoms with van der Waals surface area (Å²) >= 11 is 0. The average Bonchev–Trinajstić information content (AvgIpc) is 2.71. The van der Waals surface area contributed by atoms with Crippen molar-refractivity contribution in [3.63, 3.8) is 0 Å². The molecule has 1 amide bonds. The lowest BCUT2D eigenvalue weighted by Crippen LogP contribution is -2.54. The normalized spacial score (nSPS) is 11.9. The number of hydrogen-bond donors (Lipinski definition) is 1. The molecule has 0 radical (unpaired) electrons. The molecule has 0 bridgehead atoms. The van der Waals surface area contributed by atoms with E-state index in [2.05, 4.69) is 10.4 Å². The van der Waals surface area contributed by atoms with E-state index < -0.39 is 17.7 Å². The first-order chi connectivity index (χ1) is 13.2. The van der Waals surface area contributed by atoms with Crippen LogP contribution in [0.25, 0.3) is 6.08 Å². The Kier molecular flexibility index (Phi) is 8.02. The predicted molar refractivity (Wildman–Crippen MR) is 100 cm³/mol. The molecule has 1 unspecified atom stereocenters. The molecule has 0 saturated carbocycles. The van der Waals surface area contributed by atoms with E-state index in [9.17, 15) is 14.4 Å². The Balaban J connectivity index is 2.14. The number of carbonyl (C=O) groups is 3. The number of amides is 1. The van der Waals surface area contributed by atoms with Gasteiger partial charge in [-0.05, 0) is 23.8 Å². The summed E-state index contributed by atoms with van der Waals surface area (Å²) in [5.41, 5.74) is 4.27. The number of ether oxygens (including phenoxy) is 1. The molecule has 7 heteroatoms. The van der Waals surface area contributed by atoms with Crippen molar-refractivity contribution in [2.75, 3.05) is 13.7 Å². The lowest BCUT2D eigenvalue weighted by atomic mass is 10.1. The van der Waals surface area contributed by atoms with Gasteiger partial charge in [0.15, 0.2) is 18.1 Å². The lowest BCUT2D eigenvalue weighted by molar-refractivity contribution is -0.147. The highest BCUT2D eigenvalue weighted by Gasteiger charge is 2.28. The number of nitrogens with zero attached hydrogens (tertiary/aromatic N) is 2. The van der Waals surface area contributed by atoms with Gasteiger partial charge >= 0.3 is 0 Å². The van der Waals surface area contributed by atoms with Crippen LogP contribution in [0.4, 0.5) is 0 Å². The summed E-state index contributed by atoms with van der Waals surface area (Å²) in [5, 5.41) is 0.989. The van der Waals surface area contributed by atoms with Crippen molar-refractivity contribution in [2.45, 2.75) is 12.6 Å². The number of methoxy groups -OCH3 is 1. The number of nitrogens with one attached hydrogen (secondary N) is 1. The van der Waals surface area contributed by atoms with Crippen LogP contribution in [0.3, 0.4) is 0 Å². The molecule has 7 nitrogen and oxygen atoms in total. The van der Waals surface area contributed by atoms with Gasteiger partial charge in [-0.2, -0.15) is 0 Å². The number of hydrogen-bond acceptors (Lipinski definition) is 6. The standard InChI is InChI=1S/C20H21N3O4/c1-27-15-20(26)23(22-13-17-9-5-6-12-21-17)18(14-24)19(25)11-10-16-7-3-2-4-8-16/h2-12,14,18,22H,13,15H2,1H3. The predicted octanol–water partition coefficient (Wildman–Crippen LogP) is 1.41. The maximum Gasteiger partial charge on any atom is 0.263 e. The fourth-order valence-corrected chi connectivity index (χ4v) is 2.30. The van der Waals surface area contributed by atoms with Gasteiger partial charge in [0.25, 0.3) is 5.91 Å². The van der Waals surface area contributed by atoms with Crippen molar-refractivity contribution in [1.29, 1.82) is 0 Å². The summed E-state index contributed by atoms with van der Waals surface area (Å²) in [6.07, 6.45) is 4.92. The number of pyridine rings is 1. The van der Waals surface area contributed by atoms with E-state index in [0.717, 1.165) is 10.6 Å². The molecule has 2 rings (SSSR count). The Labute approximate surface area is 157 Å². The van der Waals surface area contributed by atoms with Crippen LogP contribution in [0.5, 0.6) is 0 Å². The molecule has 0 spiro atoms. The van der Waals surface area contributed by atoms with E-state index >= 15 is 0 Å². The minimum Gasteiger partial charge on any atom is -0.375 e. The van der Waals surface area contributed by atoms with E-state index in [4.69, 9.17) is 4.74 Å². The van der Waals surface area contributed by atoms with Crippen molar-refractivity contribution in [1.82, 2.24) is 15.4 Å². The van der Waals surface area contributed by atoms with Crippen LogP contribution in [-0.4, -0.2) is 47.7 Å². The van der Waals surface area contributed by atoms with Crippen LogP contribution in [0, 0.1) is 0 Å². The zero-order valence-electron chi connectivity index (χ0n) is 14.9. The largest absolute Gasteiger partial charge is 0.375 e. The molecule has 1 aromatic carbocycles. The van der Waals surface area contributed by atoms with E-state index in [1.54, 1.807) is 30.5 Å². The SMILES string of the molecule is COCC(=O)N(NCc1ccccn1)C(C=O)C(=O)C=Cc1ccccc1. The Morgan fingerprint density at radius 1 is 1.19 bits per heavy atom. The minimum atomic E-state index is -1.31. The van der Waals surface area contributed by atoms with Gasteiger partial charge in [0.05, 0.1) is 12.2 Å². The quantitative estimate of drug-likeness (QED) is 0.296.